The summed E-state index contributed by atoms with van der Waals surface area (Å²) in [6.07, 6.45) is -0.115. The Bertz CT molecular complexity index is 475. The minimum absolute atomic E-state index is 0.0593. The van der Waals surface area contributed by atoms with Crippen LogP contribution in [0.2, 0.25) is 0 Å². The Kier molecular flexibility index (Phi) is 4.14. The molecule has 2 atom stereocenters. The second-order valence-corrected chi connectivity index (χ2v) is 6.11. The average molecular weight is 279 g/mol. The van der Waals surface area contributed by atoms with E-state index in [1.54, 1.807) is 4.90 Å². The lowest BCUT2D eigenvalue weighted by Crippen LogP contribution is -2.37. The molecule has 1 aliphatic rings. The fourth-order valence-electron chi connectivity index (χ4n) is 2.24. The van der Waals surface area contributed by atoms with Gasteiger partial charge in [0.25, 0.3) is 0 Å². The smallest absolute Gasteiger partial charge is 0.305 e. The van der Waals surface area contributed by atoms with E-state index < -0.39 is 11.2 Å². The Balaban J connectivity index is 2.27. The lowest BCUT2D eigenvalue weighted by atomic mass is 10.1. The van der Waals surface area contributed by atoms with Gasteiger partial charge in [-0.15, -0.1) is 11.8 Å². The highest BCUT2D eigenvalue weighted by Crippen LogP contribution is 2.45. The third kappa shape index (κ3) is 2.92. The summed E-state index contributed by atoms with van der Waals surface area (Å²) < 4.78 is 0. The number of carbonyl (C=O) groups excluding carboxylic acids is 1. The minimum atomic E-state index is -0.928. The summed E-state index contributed by atoms with van der Waals surface area (Å²) in [5.41, 5.74) is 1.04. The predicted octanol–water partition coefficient (Wildman–Crippen LogP) is 2.51. The maximum absolute atomic E-state index is 12.3. The van der Waals surface area contributed by atoms with Crippen LogP contribution in [0.3, 0.4) is 0 Å². The molecule has 0 spiro atoms. The van der Waals surface area contributed by atoms with Crippen LogP contribution in [0, 0.1) is 0 Å². The first-order chi connectivity index (χ1) is 9.00. The molecule has 5 heteroatoms. The van der Waals surface area contributed by atoms with E-state index in [2.05, 4.69) is 0 Å². The molecule has 1 amide bonds. The molecule has 1 N–H and O–H groups in total. The van der Waals surface area contributed by atoms with E-state index in [0.29, 0.717) is 0 Å². The van der Waals surface area contributed by atoms with Gasteiger partial charge < -0.3 is 10.0 Å². The predicted molar refractivity (Wildman–Crippen MR) is 74.8 cm³/mol. The average Bonchev–Trinajstić information content (AvgIpc) is 2.67. The molecule has 0 radical (unpaired) electrons. The lowest BCUT2D eigenvalue weighted by molar-refractivity contribution is -0.140. The van der Waals surface area contributed by atoms with Crippen molar-refractivity contribution in [1.29, 1.82) is 0 Å². The molecule has 102 valence electrons. The molecule has 4 nitrogen and oxygen atoms in total. The summed E-state index contributed by atoms with van der Waals surface area (Å²) in [6.45, 7) is 3.91. The van der Waals surface area contributed by atoms with Gasteiger partial charge in [-0.1, -0.05) is 30.3 Å². The van der Waals surface area contributed by atoms with Gasteiger partial charge in [0.05, 0.1) is 11.7 Å². The normalized spacial score (nSPS) is 23.1. The van der Waals surface area contributed by atoms with Gasteiger partial charge >= 0.3 is 5.97 Å². The molecule has 0 saturated carbocycles. The molecular weight excluding hydrogens is 262 g/mol. The SMILES string of the molecule is CC(C)N1C(=O)[C@H](CC(=O)O)S[C@@H]1c1ccccc1. The quantitative estimate of drug-likeness (QED) is 0.920. The second-order valence-electron chi connectivity index (χ2n) is 4.82. The topological polar surface area (TPSA) is 57.6 Å². The highest BCUT2D eigenvalue weighted by molar-refractivity contribution is 8.01. The first-order valence-electron chi connectivity index (χ1n) is 6.25. The molecular formula is C14H17NO3S. The number of benzene rings is 1. The van der Waals surface area contributed by atoms with Crippen LogP contribution >= 0.6 is 11.8 Å². The maximum Gasteiger partial charge on any atom is 0.305 e. The van der Waals surface area contributed by atoms with Crippen LogP contribution in [-0.4, -0.2) is 33.2 Å². The van der Waals surface area contributed by atoms with Gasteiger partial charge in [-0.05, 0) is 19.4 Å². The molecule has 1 aliphatic heterocycles. The largest absolute Gasteiger partial charge is 0.481 e. The van der Waals surface area contributed by atoms with E-state index in [4.69, 9.17) is 5.11 Å². The summed E-state index contributed by atoms with van der Waals surface area (Å²) in [6, 6.07) is 9.81. The zero-order valence-corrected chi connectivity index (χ0v) is 11.8. The number of hydrogen-bond acceptors (Lipinski definition) is 3. The van der Waals surface area contributed by atoms with E-state index in [0.717, 1.165) is 5.56 Å². The molecule has 0 aromatic heterocycles. The van der Waals surface area contributed by atoms with Gasteiger partial charge in [0, 0.05) is 6.04 Å². The van der Waals surface area contributed by atoms with Gasteiger partial charge in [0.2, 0.25) is 5.91 Å². The van der Waals surface area contributed by atoms with E-state index in [9.17, 15) is 9.59 Å². The van der Waals surface area contributed by atoms with Crippen LogP contribution in [0.5, 0.6) is 0 Å². The van der Waals surface area contributed by atoms with E-state index >= 15 is 0 Å². The van der Waals surface area contributed by atoms with Crippen molar-refractivity contribution in [3.05, 3.63) is 35.9 Å². The monoisotopic (exact) mass is 279 g/mol. The number of amides is 1. The first-order valence-corrected chi connectivity index (χ1v) is 7.19. The number of carboxylic acids is 1. The Morgan fingerprint density at radius 2 is 2.00 bits per heavy atom. The van der Waals surface area contributed by atoms with Gasteiger partial charge in [0.1, 0.15) is 5.37 Å². The summed E-state index contributed by atoms with van der Waals surface area (Å²) >= 11 is 1.43. The Labute approximate surface area is 116 Å². The van der Waals surface area contributed by atoms with E-state index in [1.807, 2.05) is 44.2 Å². The van der Waals surface area contributed by atoms with Crippen LogP contribution < -0.4 is 0 Å². The molecule has 1 fully saturated rings. The summed E-state index contributed by atoms with van der Waals surface area (Å²) in [7, 11) is 0. The van der Waals surface area contributed by atoms with Gasteiger partial charge in [0.15, 0.2) is 0 Å². The summed E-state index contributed by atoms with van der Waals surface area (Å²) in [5, 5.41) is 8.32. The number of thioether (sulfide) groups is 1. The van der Waals surface area contributed by atoms with Gasteiger partial charge in [-0.2, -0.15) is 0 Å². The van der Waals surface area contributed by atoms with Crippen molar-refractivity contribution in [2.45, 2.75) is 36.9 Å². The third-order valence-corrected chi connectivity index (χ3v) is 4.53. The third-order valence-electron chi connectivity index (χ3n) is 3.08. The fraction of sp³-hybridized carbons (Fsp3) is 0.429. The number of carboxylic acid groups (broad SMARTS) is 1. The summed E-state index contributed by atoms with van der Waals surface area (Å²) in [5.74, 6) is -1.00. The molecule has 1 heterocycles. The molecule has 0 aliphatic carbocycles. The molecule has 1 aromatic rings. The van der Waals surface area contributed by atoms with Crippen molar-refractivity contribution in [2.24, 2.45) is 0 Å². The molecule has 19 heavy (non-hydrogen) atoms. The van der Waals surface area contributed by atoms with Crippen LogP contribution in [0.4, 0.5) is 0 Å². The minimum Gasteiger partial charge on any atom is -0.481 e. The lowest BCUT2D eigenvalue weighted by Gasteiger charge is -2.27. The van der Waals surface area contributed by atoms with E-state index in [1.165, 1.54) is 11.8 Å². The van der Waals surface area contributed by atoms with Crippen molar-refractivity contribution < 1.29 is 14.7 Å². The molecule has 1 saturated heterocycles. The fourth-order valence-corrected chi connectivity index (χ4v) is 3.82. The Morgan fingerprint density at radius 1 is 1.37 bits per heavy atom. The number of rotatable bonds is 4. The van der Waals surface area contributed by atoms with Crippen molar-refractivity contribution >= 4 is 23.6 Å². The summed E-state index contributed by atoms with van der Waals surface area (Å²) in [4.78, 5) is 24.9. The van der Waals surface area contributed by atoms with Crippen molar-refractivity contribution in [3.63, 3.8) is 0 Å². The van der Waals surface area contributed by atoms with Crippen molar-refractivity contribution in [1.82, 2.24) is 4.90 Å². The zero-order valence-electron chi connectivity index (χ0n) is 10.9. The Morgan fingerprint density at radius 3 is 2.53 bits per heavy atom. The zero-order chi connectivity index (χ0) is 14.0. The standard InChI is InChI=1S/C14H17NO3S/c1-9(2)15-13(18)11(8-12(16)17)19-14(15)10-6-4-3-5-7-10/h3-7,9,11,14H,8H2,1-2H3,(H,16,17)/t11-,14+/m0/s1. The van der Waals surface area contributed by atoms with E-state index in [-0.39, 0.29) is 23.7 Å². The van der Waals surface area contributed by atoms with Gasteiger partial charge in [-0.25, -0.2) is 0 Å². The molecule has 0 bridgehead atoms. The molecule has 2 rings (SSSR count). The highest BCUT2D eigenvalue weighted by Gasteiger charge is 2.42. The van der Waals surface area contributed by atoms with Crippen LogP contribution in [-0.2, 0) is 9.59 Å². The molecule has 0 unspecified atom stereocenters. The highest BCUT2D eigenvalue weighted by atomic mass is 32.2. The number of nitrogens with zero attached hydrogens (tertiary/aromatic N) is 1. The number of aliphatic carboxylic acids is 1. The first kappa shape index (κ1) is 13.9. The van der Waals surface area contributed by atoms with Crippen LogP contribution in [0.1, 0.15) is 31.2 Å². The van der Waals surface area contributed by atoms with Crippen LogP contribution in [0.25, 0.3) is 0 Å². The van der Waals surface area contributed by atoms with Crippen molar-refractivity contribution in [2.75, 3.05) is 0 Å². The Hall–Kier alpha value is -1.49. The van der Waals surface area contributed by atoms with Crippen molar-refractivity contribution in [3.8, 4) is 0 Å². The number of hydrogen-bond donors (Lipinski definition) is 1. The molecule has 1 aromatic carbocycles. The maximum atomic E-state index is 12.3. The van der Waals surface area contributed by atoms with Crippen LogP contribution in [0.15, 0.2) is 30.3 Å². The van der Waals surface area contributed by atoms with Gasteiger partial charge in [-0.3, -0.25) is 9.59 Å². The number of carbonyl (C=O) groups is 2. The second kappa shape index (κ2) is 5.65.